The van der Waals surface area contributed by atoms with E-state index in [1.54, 1.807) is 35.5 Å². The van der Waals surface area contributed by atoms with Gasteiger partial charge in [-0.2, -0.15) is 0 Å². The second kappa shape index (κ2) is 7.52. The summed E-state index contributed by atoms with van der Waals surface area (Å²) in [5.74, 6) is 3.50. The third-order valence-corrected chi connectivity index (χ3v) is 6.69. The van der Waals surface area contributed by atoms with E-state index in [0.717, 1.165) is 34.5 Å². The first-order valence-corrected chi connectivity index (χ1v) is 10.6. The smallest absolute Gasteiger partial charge is 0.257 e. The van der Waals surface area contributed by atoms with Gasteiger partial charge in [-0.3, -0.25) is 0 Å². The fraction of sp³-hybridized carbons (Fsp3) is 0.400. The van der Waals surface area contributed by atoms with Crippen molar-refractivity contribution < 1.29 is 23.7 Å². The summed E-state index contributed by atoms with van der Waals surface area (Å²) >= 11 is 0. The molecule has 1 atom stereocenters. The number of benzene rings is 2. The Balaban J connectivity index is 2.01. The lowest BCUT2D eigenvalue weighted by Crippen LogP contribution is -2.11. The maximum absolute atomic E-state index is 5.88. The topological polar surface area (TPSA) is 59.0 Å². The summed E-state index contributed by atoms with van der Waals surface area (Å²) < 4.78 is 28.4. The SMILES string of the molecule is COc1cc2c(nc1OC)c1c(c3cc(OC)c(OC)c(OC)c32)C=C2CCCC2C1. The van der Waals surface area contributed by atoms with E-state index in [4.69, 9.17) is 28.7 Å². The third-order valence-electron chi connectivity index (χ3n) is 6.69. The lowest BCUT2D eigenvalue weighted by Gasteiger charge is -2.26. The molecule has 1 saturated carbocycles. The van der Waals surface area contributed by atoms with Gasteiger partial charge in [0.1, 0.15) is 0 Å². The fourth-order valence-corrected chi connectivity index (χ4v) is 5.29. The van der Waals surface area contributed by atoms with E-state index in [1.807, 2.05) is 6.07 Å². The highest BCUT2D eigenvalue weighted by Crippen LogP contribution is 2.51. The zero-order chi connectivity index (χ0) is 21.7. The molecule has 31 heavy (non-hydrogen) atoms. The normalized spacial score (nSPS) is 17.2. The number of pyridine rings is 1. The number of allylic oxidation sites excluding steroid dienone is 1. The number of nitrogens with zero attached hydrogens (tertiary/aromatic N) is 1. The van der Waals surface area contributed by atoms with Crippen molar-refractivity contribution in [1.29, 1.82) is 0 Å². The second-order valence-corrected chi connectivity index (χ2v) is 8.07. The van der Waals surface area contributed by atoms with E-state index in [9.17, 15) is 0 Å². The van der Waals surface area contributed by atoms with Crippen LogP contribution in [0.4, 0.5) is 0 Å². The van der Waals surface area contributed by atoms with Gasteiger partial charge < -0.3 is 23.7 Å². The van der Waals surface area contributed by atoms with Crippen LogP contribution in [0.5, 0.6) is 28.9 Å². The number of rotatable bonds is 5. The van der Waals surface area contributed by atoms with Crippen molar-refractivity contribution in [3.05, 3.63) is 28.8 Å². The van der Waals surface area contributed by atoms with E-state index in [-0.39, 0.29) is 0 Å². The van der Waals surface area contributed by atoms with Crippen molar-refractivity contribution in [3.63, 3.8) is 0 Å². The molecule has 1 fully saturated rings. The zero-order valence-corrected chi connectivity index (χ0v) is 18.6. The Bertz CT molecular complexity index is 1230. The molecule has 0 bridgehead atoms. The highest BCUT2D eigenvalue weighted by atomic mass is 16.5. The van der Waals surface area contributed by atoms with Gasteiger partial charge in [-0.15, -0.1) is 0 Å². The quantitative estimate of drug-likeness (QED) is 0.530. The van der Waals surface area contributed by atoms with Crippen LogP contribution in [0.2, 0.25) is 0 Å². The van der Waals surface area contributed by atoms with Gasteiger partial charge in [0.2, 0.25) is 5.75 Å². The van der Waals surface area contributed by atoms with Gasteiger partial charge in [0.15, 0.2) is 17.2 Å². The van der Waals surface area contributed by atoms with Crippen LogP contribution in [0.25, 0.3) is 27.8 Å². The standard InChI is InChI=1S/C25H27NO5/c1-27-19-11-16-15-9-13-7-6-8-14(13)10-17(15)22-18(12-20(28-2)25(26-22)31-5)21(16)24(30-4)23(19)29-3/h9,11-12,14H,6-8,10H2,1-5H3. The molecule has 6 heteroatoms. The maximum atomic E-state index is 5.88. The Morgan fingerprint density at radius 3 is 2.26 bits per heavy atom. The van der Waals surface area contributed by atoms with Crippen LogP contribution in [-0.4, -0.2) is 40.5 Å². The molecular weight excluding hydrogens is 394 g/mol. The molecule has 2 aliphatic carbocycles. The Labute approximate surface area is 181 Å². The number of ether oxygens (including phenoxy) is 5. The molecule has 3 aromatic rings. The largest absolute Gasteiger partial charge is 0.493 e. The van der Waals surface area contributed by atoms with Gasteiger partial charge in [0, 0.05) is 10.8 Å². The van der Waals surface area contributed by atoms with Gasteiger partial charge in [-0.25, -0.2) is 4.98 Å². The van der Waals surface area contributed by atoms with Crippen LogP contribution < -0.4 is 23.7 Å². The van der Waals surface area contributed by atoms with Gasteiger partial charge in [0.05, 0.1) is 41.1 Å². The summed E-state index contributed by atoms with van der Waals surface area (Å²) in [6.07, 6.45) is 6.97. The first-order valence-electron chi connectivity index (χ1n) is 10.6. The van der Waals surface area contributed by atoms with Crippen molar-refractivity contribution in [2.24, 2.45) is 5.92 Å². The maximum Gasteiger partial charge on any atom is 0.257 e. The molecular formula is C25H27NO5. The molecule has 1 heterocycles. The summed E-state index contributed by atoms with van der Waals surface area (Å²) in [5.41, 5.74) is 4.89. The number of aromatic nitrogens is 1. The van der Waals surface area contributed by atoms with Crippen LogP contribution in [0.3, 0.4) is 0 Å². The van der Waals surface area contributed by atoms with Crippen molar-refractivity contribution in [3.8, 4) is 28.9 Å². The number of fused-ring (bicyclic) bond motifs is 7. The molecule has 0 aliphatic heterocycles. The summed E-state index contributed by atoms with van der Waals surface area (Å²) in [6.45, 7) is 0. The predicted octanol–water partition coefficient (Wildman–Crippen LogP) is 5.17. The zero-order valence-electron chi connectivity index (χ0n) is 18.6. The molecule has 0 spiro atoms. The lowest BCUT2D eigenvalue weighted by atomic mass is 9.81. The number of hydrogen-bond donors (Lipinski definition) is 0. The molecule has 5 rings (SSSR count). The first kappa shape index (κ1) is 19.8. The summed E-state index contributed by atoms with van der Waals surface area (Å²) in [6, 6.07) is 4.05. The molecule has 2 aliphatic rings. The molecule has 0 amide bonds. The Hall–Kier alpha value is -3.15. The van der Waals surface area contributed by atoms with Crippen molar-refractivity contribution in [2.75, 3.05) is 35.5 Å². The number of methoxy groups -OCH3 is 5. The molecule has 1 unspecified atom stereocenters. The predicted molar refractivity (Wildman–Crippen MR) is 121 cm³/mol. The van der Waals surface area contributed by atoms with E-state index >= 15 is 0 Å². The van der Waals surface area contributed by atoms with Crippen molar-refractivity contribution in [2.45, 2.75) is 25.7 Å². The number of hydrogen-bond acceptors (Lipinski definition) is 6. The fourth-order valence-electron chi connectivity index (χ4n) is 5.29. The van der Waals surface area contributed by atoms with Crippen LogP contribution in [0.1, 0.15) is 30.4 Å². The minimum Gasteiger partial charge on any atom is -0.493 e. The van der Waals surface area contributed by atoms with Crippen molar-refractivity contribution in [1.82, 2.24) is 4.98 Å². The summed E-state index contributed by atoms with van der Waals surface area (Å²) in [7, 11) is 8.17. The molecule has 1 aromatic heterocycles. The Kier molecular flexibility index (Phi) is 4.80. The molecule has 0 saturated heterocycles. The second-order valence-electron chi connectivity index (χ2n) is 8.07. The van der Waals surface area contributed by atoms with E-state index in [1.165, 1.54) is 29.5 Å². The van der Waals surface area contributed by atoms with E-state index < -0.39 is 0 Å². The molecule has 162 valence electrons. The molecule has 0 radical (unpaired) electrons. The minimum absolute atomic E-state index is 0.484. The molecule has 0 N–H and O–H groups in total. The highest BCUT2D eigenvalue weighted by Gasteiger charge is 2.31. The van der Waals surface area contributed by atoms with Crippen molar-refractivity contribution >= 4 is 27.8 Å². The Morgan fingerprint density at radius 1 is 0.839 bits per heavy atom. The monoisotopic (exact) mass is 421 g/mol. The Morgan fingerprint density at radius 2 is 1.58 bits per heavy atom. The van der Waals surface area contributed by atoms with Gasteiger partial charge >= 0.3 is 0 Å². The average molecular weight is 421 g/mol. The van der Waals surface area contributed by atoms with Crippen LogP contribution in [0, 0.1) is 5.92 Å². The minimum atomic E-state index is 0.484. The first-order chi connectivity index (χ1) is 15.1. The van der Waals surface area contributed by atoms with Crippen LogP contribution in [-0.2, 0) is 6.42 Å². The summed E-state index contributed by atoms with van der Waals surface area (Å²) in [5, 5.41) is 2.97. The lowest BCUT2D eigenvalue weighted by molar-refractivity contribution is 0.327. The average Bonchev–Trinajstić information content (AvgIpc) is 3.28. The highest BCUT2D eigenvalue weighted by molar-refractivity contribution is 6.16. The van der Waals surface area contributed by atoms with Gasteiger partial charge in [-0.1, -0.05) is 11.6 Å². The molecule has 2 aromatic carbocycles. The van der Waals surface area contributed by atoms with Crippen LogP contribution in [0.15, 0.2) is 17.7 Å². The van der Waals surface area contributed by atoms with Gasteiger partial charge in [-0.05, 0) is 60.2 Å². The van der Waals surface area contributed by atoms with Crippen LogP contribution >= 0.6 is 0 Å². The van der Waals surface area contributed by atoms with E-state index in [2.05, 4.69) is 12.1 Å². The van der Waals surface area contributed by atoms with E-state index in [0.29, 0.717) is 34.8 Å². The summed E-state index contributed by atoms with van der Waals surface area (Å²) in [4.78, 5) is 4.91. The molecule has 6 nitrogen and oxygen atoms in total. The third kappa shape index (κ3) is 2.81. The van der Waals surface area contributed by atoms with Gasteiger partial charge in [0.25, 0.3) is 5.88 Å².